The molecule has 0 nitrogen and oxygen atoms in total. The molecule has 0 rings (SSSR count). The van der Waals surface area contributed by atoms with E-state index in [0.29, 0.717) is 0 Å². The second-order valence-corrected chi connectivity index (χ2v) is 2.19. The molecule has 0 aliphatic heterocycles. The third kappa shape index (κ3) is 4.01. The monoisotopic (exact) mass is 124 g/mol. The van der Waals surface area contributed by atoms with Crippen molar-refractivity contribution in [3.8, 4) is 0 Å². The van der Waals surface area contributed by atoms with Crippen LogP contribution in [0.3, 0.4) is 0 Å². The van der Waals surface area contributed by atoms with E-state index in [4.69, 9.17) is 0 Å². The Labute approximate surface area is 58.3 Å². The summed E-state index contributed by atoms with van der Waals surface area (Å²) >= 11 is 0. The average molecular weight is 124 g/mol. The fourth-order valence-corrected chi connectivity index (χ4v) is 0.871. The van der Waals surface area contributed by atoms with Gasteiger partial charge in [-0.1, -0.05) is 31.1 Å². The van der Waals surface area contributed by atoms with Crippen molar-refractivity contribution in [1.82, 2.24) is 0 Å². The molecule has 0 heterocycles. The highest BCUT2D eigenvalue weighted by Crippen LogP contribution is 2.08. The summed E-state index contributed by atoms with van der Waals surface area (Å²) in [7, 11) is 0. The summed E-state index contributed by atoms with van der Waals surface area (Å²) < 4.78 is 0. The molecule has 0 aliphatic carbocycles. The predicted molar refractivity (Wildman–Crippen MR) is 43.5 cm³/mol. The molecular weight excluding hydrogens is 108 g/mol. The highest BCUT2D eigenvalue weighted by Gasteiger charge is 1.88. The topological polar surface area (TPSA) is 0 Å². The van der Waals surface area contributed by atoms with E-state index in [1.807, 2.05) is 6.08 Å². The molecule has 0 amide bonds. The minimum absolute atomic E-state index is 1.06. The van der Waals surface area contributed by atoms with Crippen LogP contribution in [-0.4, -0.2) is 0 Å². The Morgan fingerprint density at radius 3 is 2.56 bits per heavy atom. The van der Waals surface area contributed by atoms with E-state index in [1.54, 1.807) is 0 Å². The van der Waals surface area contributed by atoms with Gasteiger partial charge in [0.25, 0.3) is 0 Å². The summed E-state index contributed by atoms with van der Waals surface area (Å²) in [5.74, 6) is 0. The molecule has 0 atom stereocenters. The average Bonchev–Trinajstić information content (AvgIpc) is 1.88. The van der Waals surface area contributed by atoms with Gasteiger partial charge in [0, 0.05) is 0 Å². The minimum atomic E-state index is 1.06. The maximum atomic E-state index is 3.69. The fourth-order valence-electron chi connectivity index (χ4n) is 0.871. The lowest BCUT2D eigenvalue weighted by molar-refractivity contribution is 0.877. The van der Waals surface area contributed by atoms with E-state index in [1.165, 1.54) is 18.4 Å². The SMILES string of the molecule is C=CC/C(=C/C)CCC. The molecule has 0 aliphatic rings. The standard InChI is InChI=1S/C9H16/c1-4-7-9(6-3)8-5-2/h4,6H,1,5,7-8H2,2-3H3/b9-6-. The van der Waals surface area contributed by atoms with Crippen molar-refractivity contribution in [2.75, 3.05) is 0 Å². The summed E-state index contributed by atoms with van der Waals surface area (Å²) in [5, 5.41) is 0. The maximum absolute atomic E-state index is 3.69. The van der Waals surface area contributed by atoms with Crippen LogP contribution in [0.2, 0.25) is 0 Å². The zero-order valence-corrected chi connectivity index (χ0v) is 6.48. The van der Waals surface area contributed by atoms with Gasteiger partial charge in [0.2, 0.25) is 0 Å². The van der Waals surface area contributed by atoms with Crippen molar-refractivity contribution in [1.29, 1.82) is 0 Å². The van der Waals surface area contributed by atoms with Crippen LogP contribution in [-0.2, 0) is 0 Å². The number of hydrogen-bond donors (Lipinski definition) is 0. The molecule has 0 aromatic heterocycles. The Morgan fingerprint density at radius 2 is 2.22 bits per heavy atom. The van der Waals surface area contributed by atoms with Crippen LogP contribution in [0.25, 0.3) is 0 Å². The Balaban J connectivity index is 3.55. The van der Waals surface area contributed by atoms with E-state index in [0.717, 1.165) is 6.42 Å². The molecule has 0 radical (unpaired) electrons. The van der Waals surface area contributed by atoms with Crippen LogP contribution in [0.4, 0.5) is 0 Å². The van der Waals surface area contributed by atoms with Gasteiger partial charge in [0.1, 0.15) is 0 Å². The highest BCUT2D eigenvalue weighted by atomic mass is 13.9. The van der Waals surface area contributed by atoms with Crippen LogP contribution in [0, 0.1) is 0 Å². The predicted octanol–water partition coefficient (Wildman–Crippen LogP) is 3.31. The van der Waals surface area contributed by atoms with Crippen LogP contribution in [0.5, 0.6) is 0 Å². The second-order valence-electron chi connectivity index (χ2n) is 2.19. The first kappa shape index (κ1) is 8.48. The third-order valence-electron chi connectivity index (χ3n) is 1.39. The largest absolute Gasteiger partial charge is 0.103 e. The molecule has 0 aromatic carbocycles. The van der Waals surface area contributed by atoms with E-state index >= 15 is 0 Å². The normalized spacial score (nSPS) is 11.6. The maximum Gasteiger partial charge on any atom is -0.0142 e. The first-order valence-corrected chi connectivity index (χ1v) is 3.60. The van der Waals surface area contributed by atoms with Crippen molar-refractivity contribution in [3.05, 3.63) is 24.3 Å². The van der Waals surface area contributed by atoms with E-state index in [9.17, 15) is 0 Å². The molecule has 0 bridgehead atoms. The van der Waals surface area contributed by atoms with Gasteiger partial charge in [-0.3, -0.25) is 0 Å². The molecule has 52 valence electrons. The molecule has 0 unspecified atom stereocenters. The summed E-state index contributed by atoms with van der Waals surface area (Å²) in [5.41, 5.74) is 1.51. The van der Waals surface area contributed by atoms with Gasteiger partial charge >= 0.3 is 0 Å². The smallest absolute Gasteiger partial charge is 0.0142 e. The third-order valence-corrected chi connectivity index (χ3v) is 1.39. The van der Waals surface area contributed by atoms with Gasteiger partial charge in [-0.05, 0) is 19.8 Å². The minimum Gasteiger partial charge on any atom is -0.103 e. The van der Waals surface area contributed by atoms with Gasteiger partial charge in [-0.2, -0.15) is 0 Å². The zero-order chi connectivity index (χ0) is 7.11. The van der Waals surface area contributed by atoms with Gasteiger partial charge in [-0.15, -0.1) is 6.58 Å². The lowest BCUT2D eigenvalue weighted by atomic mass is 10.1. The van der Waals surface area contributed by atoms with Gasteiger partial charge in [0.15, 0.2) is 0 Å². The first-order valence-electron chi connectivity index (χ1n) is 3.60. The van der Waals surface area contributed by atoms with Gasteiger partial charge in [-0.25, -0.2) is 0 Å². The highest BCUT2D eigenvalue weighted by molar-refractivity contribution is 5.04. The molecule has 0 N–H and O–H groups in total. The Hall–Kier alpha value is -0.520. The molecule has 9 heavy (non-hydrogen) atoms. The molecule has 0 fully saturated rings. The van der Waals surface area contributed by atoms with Crippen molar-refractivity contribution >= 4 is 0 Å². The Kier molecular flexibility index (Phi) is 5.29. The van der Waals surface area contributed by atoms with Crippen LogP contribution < -0.4 is 0 Å². The fraction of sp³-hybridized carbons (Fsp3) is 0.556. The van der Waals surface area contributed by atoms with Crippen molar-refractivity contribution in [2.24, 2.45) is 0 Å². The van der Waals surface area contributed by atoms with Gasteiger partial charge < -0.3 is 0 Å². The molecule has 0 saturated carbocycles. The number of rotatable bonds is 4. The quantitative estimate of drug-likeness (QED) is 0.504. The van der Waals surface area contributed by atoms with Gasteiger partial charge in [0.05, 0.1) is 0 Å². The summed E-state index contributed by atoms with van der Waals surface area (Å²) in [6.07, 6.45) is 7.68. The summed E-state index contributed by atoms with van der Waals surface area (Å²) in [6.45, 7) is 7.98. The van der Waals surface area contributed by atoms with Crippen LogP contribution >= 0.6 is 0 Å². The molecule has 0 aromatic rings. The van der Waals surface area contributed by atoms with Crippen molar-refractivity contribution in [3.63, 3.8) is 0 Å². The van der Waals surface area contributed by atoms with Crippen molar-refractivity contribution < 1.29 is 0 Å². The summed E-state index contributed by atoms with van der Waals surface area (Å²) in [4.78, 5) is 0. The number of allylic oxidation sites excluding steroid dienone is 3. The van der Waals surface area contributed by atoms with E-state index in [-0.39, 0.29) is 0 Å². The Morgan fingerprint density at radius 1 is 1.56 bits per heavy atom. The van der Waals surface area contributed by atoms with E-state index < -0.39 is 0 Å². The van der Waals surface area contributed by atoms with Crippen molar-refractivity contribution in [2.45, 2.75) is 33.1 Å². The van der Waals surface area contributed by atoms with Crippen LogP contribution in [0.1, 0.15) is 33.1 Å². The number of hydrogen-bond acceptors (Lipinski definition) is 0. The molecule has 0 spiro atoms. The molecular formula is C9H16. The lowest BCUT2D eigenvalue weighted by Gasteiger charge is -1.98. The second kappa shape index (κ2) is 5.61. The van der Waals surface area contributed by atoms with Crippen LogP contribution in [0.15, 0.2) is 24.3 Å². The lowest BCUT2D eigenvalue weighted by Crippen LogP contribution is -1.78. The first-order chi connectivity index (χ1) is 4.35. The van der Waals surface area contributed by atoms with E-state index in [2.05, 4.69) is 26.5 Å². The Bertz CT molecular complexity index is 98.6. The summed E-state index contributed by atoms with van der Waals surface area (Å²) in [6, 6.07) is 0. The molecule has 0 saturated heterocycles. The zero-order valence-electron chi connectivity index (χ0n) is 6.48. The molecule has 0 heteroatoms.